The van der Waals surface area contributed by atoms with Gasteiger partial charge in [-0.2, -0.15) is 0 Å². The van der Waals surface area contributed by atoms with Gasteiger partial charge in [-0.15, -0.1) is 0 Å². The van der Waals surface area contributed by atoms with E-state index in [9.17, 15) is 4.39 Å². The molecular formula is C15H16FN3S. The first-order valence-corrected chi connectivity index (χ1v) is 6.71. The number of pyridine rings is 1. The fourth-order valence-corrected chi connectivity index (χ4v) is 2.01. The van der Waals surface area contributed by atoms with E-state index in [1.165, 1.54) is 12.1 Å². The molecule has 0 aliphatic heterocycles. The van der Waals surface area contributed by atoms with Crippen molar-refractivity contribution < 1.29 is 4.39 Å². The number of anilines is 1. The van der Waals surface area contributed by atoms with Gasteiger partial charge in [-0.3, -0.25) is 0 Å². The van der Waals surface area contributed by atoms with Crippen molar-refractivity contribution in [2.24, 2.45) is 0 Å². The summed E-state index contributed by atoms with van der Waals surface area (Å²) in [4.78, 5) is 4.22. The van der Waals surface area contributed by atoms with Crippen molar-refractivity contribution in [1.29, 1.82) is 0 Å². The van der Waals surface area contributed by atoms with E-state index in [1.807, 2.05) is 26.0 Å². The summed E-state index contributed by atoms with van der Waals surface area (Å²) in [6.45, 7) is 3.94. The van der Waals surface area contributed by atoms with E-state index in [0.29, 0.717) is 10.9 Å². The molecule has 1 unspecified atom stereocenters. The van der Waals surface area contributed by atoms with Crippen molar-refractivity contribution in [2.75, 3.05) is 5.32 Å². The van der Waals surface area contributed by atoms with Crippen molar-refractivity contribution in [3.05, 3.63) is 59.5 Å². The van der Waals surface area contributed by atoms with Gasteiger partial charge in [-0.05, 0) is 55.4 Å². The quantitative estimate of drug-likeness (QED) is 0.847. The Labute approximate surface area is 123 Å². The number of aromatic nitrogens is 1. The first kappa shape index (κ1) is 14.4. The van der Waals surface area contributed by atoms with E-state index in [4.69, 9.17) is 12.2 Å². The molecule has 0 bridgehead atoms. The lowest BCUT2D eigenvalue weighted by atomic mass is 10.1. The number of thiocarbonyl (C=S) groups is 1. The van der Waals surface area contributed by atoms with Crippen LogP contribution in [0.1, 0.15) is 24.1 Å². The molecule has 104 valence electrons. The molecule has 0 spiro atoms. The highest BCUT2D eigenvalue weighted by Crippen LogP contribution is 2.13. The lowest BCUT2D eigenvalue weighted by Gasteiger charge is -2.17. The number of aryl methyl sites for hydroxylation is 1. The molecule has 20 heavy (non-hydrogen) atoms. The van der Waals surface area contributed by atoms with Crippen LogP contribution < -0.4 is 10.6 Å². The number of benzene rings is 1. The molecule has 0 saturated heterocycles. The zero-order chi connectivity index (χ0) is 14.5. The van der Waals surface area contributed by atoms with Crippen LogP contribution in [0.15, 0.2) is 42.6 Å². The van der Waals surface area contributed by atoms with Crippen molar-refractivity contribution in [2.45, 2.75) is 19.9 Å². The smallest absolute Gasteiger partial charge is 0.172 e. The highest BCUT2D eigenvalue weighted by Gasteiger charge is 2.07. The van der Waals surface area contributed by atoms with E-state index in [1.54, 1.807) is 18.3 Å². The molecule has 0 radical (unpaired) electrons. The number of rotatable bonds is 3. The Hall–Kier alpha value is -2.01. The normalized spacial score (nSPS) is 11.8. The van der Waals surface area contributed by atoms with Gasteiger partial charge in [-0.1, -0.05) is 18.2 Å². The molecule has 1 heterocycles. The summed E-state index contributed by atoms with van der Waals surface area (Å²) in [6, 6.07) is 10.2. The summed E-state index contributed by atoms with van der Waals surface area (Å²) in [5.74, 6) is 0.449. The first-order chi connectivity index (χ1) is 9.54. The Bertz CT molecular complexity index is 581. The summed E-state index contributed by atoms with van der Waals surface area (Å²) < 4.78 is 12.9. The van der Waals surface area contributed by atoms with Crippen LogP contribution >= 0.6 is 12.2 Å². The third-order valence-corrected chi connectivity index (χ3v) is 3.09. The van der Waals surface area contributed by atoms with Crippen LogP contribution in [-0.4, -0.2) is 10.1 Å². The lowest BCUT2D eigenvalue weighted by molar-refractivity contribution is 0.624. The fourth-order valence-electron chi connectivity index (χ4n) is 1.73. The van der Waals surface area contributed by atoms with E-state index in [2.05, 4.69) is 15.6 Å². The number of halogens is 1. The largest absolute Gasteiger partial charge is 0.356 e. The molecule has 2 rings (SSSR count). The minimum absolute atomic E-state index is 0.0129. The van der Waals surface area contributed by atoms with Gasteiger partial charge in [0.25, 0.3) is 0 Å². The van der Waals surface area contributed by atoms with Crippen LogP contribution in [0, 0.1) is 12.7 Å². The zero-order valence-corrected chi connectivity index (χ0v) is 12.2. The number of hydrogen-bond donors (Lipinski definition) is 2. The number of hydrogen-bond acceptors (Lipinski definition) is 2. The second-order valence-corrected chi connectivity index (χ2v) is 5.00. The van der Waals surface area contributed by atoms with Crippen molar-refractivity contribution in [1.82, 2.24) is 10.3 Å². The molecule has 0 fully saturated rings. The molecule has 5 heteroatoms. The van der Waals surface area contributed by atoms with Crippen LogP contribution in [0.3, 0.4) is 0 Å². The lowest BCUT2D eigenvalue weighted by Crippen LogP contribution is -2.31. The Morgan fingerprint density at radius 2 is 1.90 bits per heavy atom. The molecule has 0 amide bonds. The summed E-state index contributed by atoms with van der Waals surface area (Å²) in [5.41, 5.74) is 2.06. The van der Waals surface area contributed by atoms with E-state index >= 15 is 0 Å². The van der Waals surface area contributed by atoms with Crippen LogP contribution in [-0.2, 0) is 0 Å². The third kappa shape index (κ3) is 3.99. The minimum Gasteiger partial charge on any atom is -0.356 e. The average molecular weight is 289 g/mol. The number of nitrogens with zero attached hydrogens (tertiary/aromatic N) is 1. The van der Waals surface area contributed by atoms with Crippen LogP contribution in [0.2, 0.25) is 0 Å². The zero-order valence-electron chi connectivity index (χ0n) is 11.4. The van der Waals surface area contributed by atoms with Gasteiger partial charge < -0.3 is 10.6 Å². The molecule has 3 nitrogen and oxygen atoms in total. The van der Waals surface area contributed by atoms with E-state index in [-0.39, 0.29) is 11.9 Å². The van der Waals surface area contributed by atoms with Gasteiger partial charge >= 0.3 is 0 Å². The van der Waals surface area contributed by atoms with Gasteiger partial charge in [0.15, 0.2) is 5.11 Å². The average Bonchev–Trinajstić information content (AvgIpc) is 2.42. The molecule has 0 saturated carbocycles. The maximum atomic E-state index is 12.9. The number of nitrogens with one attached hydrogen (secondary N) is 2. The summed E-state index contributed by atoms with van der Waals surface area (Å²) in [6.07, 6.45) is 1.77. The third-order valence-electron chi connectivity index (χ3n) is 2.87. The molecule has 1 atom stereocenters. The van der Waals surface area contributed by atoms with Gasteiger partial charge in [0.1, 0.15) is 11.6 Å². The summed E-state index contributed by atoms with van der Waals surface area (Å²) in [5, 5.41) is 6.64. The minimum atomic E-state index is -0.245. The van der Waals surface area contributed by atoms with Gasteiger partial charge in [-0.25, -0.2) is 9.37 Å². The summed E-state index contributed by atoms with van der Waals surface area (Å²) in [7, 11) is 0. The first-order valence-electron chi connectivity index (χ1n) is 6.30. The molecule has 1 aromatic carbocycles. The van der Waals surface area contributed by atoms with Crippen molar-refractivity contribution in [3.8, 4) is 0 Å². The summed E-state index contributed by atoms with van der Waals surface area (Å²) >= 11 is 5.23. The molecule has 2 aromatic rings. The predicted octanol–water partition coefficient (Wildman–Crippen LogP) is 3.58. The SMILES string of the molecule is Cc1ccc(NC(=S)NC(C)c2ccc(F)cc2)nc1. The predicted molar refractivity (Wildman–Crippen MR) is 83.1 cm³/mol. The Kier molecular flexibility index (Phi) is 4.63. The van der Waals surface area contributed by atoms with Crippen LogP contribution in [0.5, 0.6) is 0 Å². The molecule has 0 aliphatic carbocycles. The second kappa shape index (κ2) is 6.43. The van der Waals surface area contributed by atoms with Crippen molar-refractivity contribution in [3.63, 3.8) is 0 Å². The van der Waals surface area contributed by atoms with Gasteiger partial charge in [0, 0.05) is 6.20 Å². The van der Waals surface area contributed by atoms with E-state index in [0.717, 1.165) is 11.1 Å². The molecule has 1 aromatic heterocycles. The van der Waals surface area contributed by atoms with Crippen LogP contribution in [0.25, 0.3) is 0 Å². The monoisotopic (exact) mass is 289 g/mol. The maximum absolute atomic E-state index is 12.9. The van der Waals surface area contributed by atoms with E-state index < -0.39 is 0 Å². The van der Waals surface area contributed by atoms with Crippen molar-refractivity contribution >= 4 is 23.1 Å². The molecular weight excluding hydrogens is 273 g/mol. The van der Waals surface area contributed by atoms with Gasteiger partial charge in [0.05, 0.1) is 6.04 Å². The highest BCUT2D eigenvalue weighted by atomic mass is 32.1. The molecule has 0 aliphatic rings. The standard InChI is InChI=1S/C15H16FN3S/c1-10-3-8-14(17-9-10)19-15(20)18-11(2)12-4-6-13(16)7-5-12/h3-9,11H,1-2H3,(H2,17,18,19,20). The maximum Gasteiger partial charge on any atom is 0.172 e. The van der Waals surface area contributed by atoms with Crippen LogP contribution in [0.4, 0.5) is 10.2 Å². The Balaban J connectivity index is 1.93. The fraction of sp³-hybridized carbons (Fsp3) is 0.200. The Morgan fingerprint density at radius 1 is 1.20 bits per heavy atom. The topological polar surface area (TPSA) is 37.0 Å². The molecule has 2 N–H and O–H groups in total. The van der Waals surface area contributed by atoms with Gasteiger partial charge in [0.2, 0.25) is 0 Å². The Morgan fingerprint density at radius 3 is 2.50 bits per heavy atom. The second-order valence-electron chi connectivity index (χ2n) is 4.59. The highest BCUT2D eigenvalue weighted by molar-refractivity contribution is 7.80.